The number of aryl methyl sites for hydroxylation is 1. The Bertz CT molecular complexity index is 1130. The fourth-order valence-corrected chi connectivity index (χ4v) is 3.83. The molecule has 4 rings (SSSR count). The molecule has 2 N–H and O–H groups in total. The summed E-state index contributed by atoms with van der Waals surface area (Å²) >= 11 is 0. The summed E-state index contributed by atoms with van der Waals surface area (Å²) in [5.41, 5.74) is 3.79. The maximum Gasteiger partial charge on any atom is 0.181 e. The molecular formula is C24H23N3O3. The summed E-state index contributed by atoms with van der Waals surface area (Å²) in [6, 6.07) is 17.4. The van der Waals surface area contributed by atoms with Crippen molar-refractivity contribution >= 4 is 17.8 Å². The second-order valence-corrected chi connectivity index (χ2v) is 7.31. The molecule has 2 aromatic carbocycles. The van der Waals surface area contributed by atoms with Crippen LogP contribution in [0.3, 0.4) is 0 Å². The zero-order chi connectivity index (χ0) is 21.1. The minimum atomic E-state index is -0.123. The van der Waals surface area contributed by atoms with E-state index in [1.54, 1.807) is 7.11 Å². The third kappa shape index (κ3) is 3.76. The number of carbonyl (C=O) groups excluding carboxylic acids is 1. The van der Waals surface area contributed by atoms with Crippen LogP contribution in [0.5, 0.6) is 5.75 Å². The summed E-state index contributed by atoms with van der Waals surface area (Å²) in [6.07, 6.45) is 2.18. The Labute approximate surface area is 174 Å². The predicted octanol–water partition coefficient (Wildman–Crippen LogP) is 5.05. The molecule has 0 aliphatic heterocycles. The second kappa shape index (κ2) is 8.37. The molecule has 0 radical (unpaired) electrons. The minimum absolute atomic E-state index is 0.0207. The molecule has 1 atom stereocenters. The number of ether oxygens (including phenoxy) is 1. The van der Waals surface area contributed by atoms with Gasteiger partial charge in [-0.3, -0.25) is 9.89 Å². The van der Waals surface area contributed by atoms with Crippen molar-refractivity contribution in [3.05, 3.63) is 77.2 Å². The lowest BCUT2D eigenvalue weighted by atomic mass is 9.83. The molecule has 0 saturated heterocycles. The number of methoxy groups -OCH3 is 1. The van der Waals surface area contributed by atoms with Gasteiger partial charge in [-0.25, -0.2) is 4.99 Å². The molecule has 0 amide bonds. The van der Waals surface area contributed by atoms with Crippen LogP contribution in [0.15, 0.2) is 70.9 Å². The molecule has 0 fully saturated rings. The maximum absolute atomic E-state index is 12.7. The van der Waals surface area contributed by atoms with Crippen LogP contribution >= 0.6 is 0 Å². The first kappa shape index (κ1) is 19.6. The number of aromatic amines is 1. The van der Waals surface area contributed by atoms with E-state index in [0.717, 1.165) is 22.4 Å². The van der Waals surface area contributed by atoms with Gasteiger partial charge in [0.05, 0.1) is 18.2 Å². The van der Waals surface area contributed by atoms with E-state index >= 15 is 0 Å². The number of aliphatic hydroxyl groups is 1. The van der Waals surface area contributed by atoms with Gasteiger partial charge in [-0.2, -0.15) is 5.10 Å². The van der Waals surface area contributed by atoms with E-state index in [-0.39, 0.29) is 23.0 Å². The van der Waals surface area contributed by atoms with Gasteiger partial charge in [-0.1, -0.05) is 48.5 Å². The largest absolute Gasteiger partial charge is 0.511 e. The maximum atomic E-state index is 12.7. The molecule has 3 aromatic rings. The summed E-state index contributed by atoms with van der Waals surface area (Å²) in [4.78, 5) is 17.2. The highest BCUT2D eigenvalue weighted by Gasteiger charge is 2.28. The van der Waals surface area contributed by atoms with Gasteiger partial charge < -0.3 is 9.84 Å². The molecule has 152 valence electrons. The number of nitrogens with zero attached hydrogens (tertiary/aromatic N) is 2. The van der Waals surface area contributed by atoms with Crippen molar-refractivity contribution in [1.29, 1.82) is 0 Å². The van der Waals surface area contributed by atoms with Crippen LogP contribution in [0.1, 0.15) is 30.0 Å². The third-order valence-corrected chi connectivity index (χ3v) is 5.37. The van der Waals surface area contributed by atoms with E-state index in [9.17, 15) is 9.90 Å². The number of nitrogens with one attached hydrogen (secondary N) is 1. The van der Waals surface area contributed by atoms with Crippen molar-refractivity contribution in [2.45, 2.75) is 25.7 Å². The SMILES string of the molecule is COc1ccccc1-c1c(N=CC2=C(O)CC(c3ccccc3)CC2=O)n[nH]c1C. The van der Waals surface area contributed by atoms with Crippen LogP contribution in [0.2, 0.25) is 0 Å². The first-order valence-corrected chi connectivity index (χ1v) is 9.81. The Morgan fingerprint density at radius 1 is 1.13 bits per heavy atom. The number of benzene rings is 2. The summed E-state index contributed by atoms with van der Waals surface area (Å²) in [5.74, 6) is 1.07. The molecule has 1 aromatic heterocycles. The highest BCUT2D eigenvalue weighted by atomic mass is 16.5. The molecular weight excluding hydrogens is 378 g/mol. The van der Waals surface area contributed by atoms with E-state index in [4.69, 9.17) is 4.74 Å². The van der Waals surface area contributed by atoms with Gasteiger partial charge in [0.25, 0.3) is 0 Å². The number of aliphatic hydroxyl groups excluding tert-OH is 1. The van der Waals surface area contributed by atoms with Crippen LogP contribution in [-0.2, 0) is 4.79 Å². The average Bonchev–Trinajstić information content (AvgIpc) is 3.13. The second-order valence-electron chi connectivity index (χ2n) is 7.31. The lowest BCUT2D eigenvalue weighted by Gasteiger charge is -2.22. The quantitative estimate of drug-likeness (QED) is 0.585. The Balaban J connectivity index is 1.64. The van der Waals surface area contributed by atoms with E-state index in [0.29, 0.717) is 24.4 Å². The molecule has 6 nitrogen and oxygen atoms in total. The molecule has 1 aliphatic rings. The lowest BCUT2D eigenvalue weighted by Crippen LogP contribution is -2.19. The Morgan fingerprint density at radius 3 is 2.60 bits per heavy atom. The first-order chi connectivity index (χ1) is 14.6. The van der Waals surface area contributed by atoms with Crippen molar-refractivity contribution in [2.24, 2.45) is 4.99 Å². The van der Waals surface area contributed by atoms with Crippen LogP contribution < -0.4 is 4.74 Å². The minimum Gasteiger partial charge on any atom is -0.511 e. The summed E-state index contributed by atoms with van der Waals surface area (Å²) in [5, 5.41) is 17.8. The molecule has 1 aliphatic carbocycles. The molecule has 30 heavy (non-hydrogen) atoms. The molecule has 0 saturated carbocycles. The number of aliphatic imine (C=N–C) groups is 1. The number of ketones is 1. The number of rotatable bonds is 5. The van der Waals surface area contributed by atoms with E-state index < -0.39 is 0 Å². The van der Waals surface area contributed by atoms with Crippen molar-refractivity contribution in [3.63, 3.8) is 0 Å². The highest BCUT2D eigenvalue weighted by Crippen LogP contribution is 2.38. The zero-order valence-corrected chi connectivity index (χ0v) is 16.9. The topological polar surface area (TPSA) is 87.6 Å². The van der Waals surface area contributed by atoms with Crippen LogP contribution in [0, 0.1) is 6.92 Å². The summed E-state index contributed by atoms with van der Waals surface area (Å²) in [6.45, 7) is 1.90. The van der Waals surface area contributed by atoms with E-state index in [1.165, 1.54) is 6.21 Å². The smallest absolute Gasteiger partial charge is 0.181 e. The lowest BCUT2D eigenvalue weighted by molar-refractivity contribution is -0.116. The predicted molar refractivity (Wildman–Crippen MR) is 117 cm³/mol. The Kier molecular flexibility index (Phi) is 5.48. The van der Waals surface area contributed by atoms with Crippen LogP contribution in [0.25, 0.3) is 11.1 Å². The average molecular weight is 401 g/mol. The fourth-order valence-electron chi connectivity index (χ4n) is 3.83. The molecule has 6 heteroatoms. The van der Waals surface area contributed by atoms with E-state index in [2.05, 4.69) is 15.2 Å². The number of carbonyl (C=O) groups is 1. The van der Waals surface area contributed by atoms with Gasteiger partial charge in [0.15, 0.2) is 11.6 Å². The third-order valence-electron chi connectivity index (χ3n) is 5.37. The number of Topliss-reactive ketones (excluding diaryl/α,β-unsaturated/α-hetero) is 1. The number of H-pyrrole nitrogens is 1. The van der Waals surface area contributed by atoms with Crippen LogP contribution in [0.4, 0.5) is 5.82 Å². The van der Waals surface area contributed by atoms with Gasteiger partial charge in [-0.05, 0) is 24.5 Å². The number of para-hydroxylation sites is 1. The number of hydrogen-bond donors (Lipinski definition) is 2. The monoisotopic (exact) mass is 401 g/mol. The van der Waals surface area contributed by atoms with Crippen molar-refractivity contribution < 1.29 is 14.6 Å². The molecule has 0 bridgehead atoms. The van der Waals surface area contributed by atoms with Crippen molar-refractivity contribution in [3.8, 4) is 16.9 Å². The zero-order valence-electron chi connectivity index (χ0n) is 16.9. The molecule has 1 heterocycles. The van der Waals surface area contributed by atoms with Gasteiger partial charge >= 0.3 is 0 Å². The number of allylic oxidation sites excluding steroid dienone is 2. The van der Waals surface area contributed by atoms with Crippen LogP contribution in [-0.4, -0.2) is 34.4 Å². The van der Waals surface area contributed by atoms with Crippen molar-refractivity contribution in [2.75, 3.05) is 7.11 Å². The standard InChI is InChI=1S/C24H23N3O3/c1-15-23(18-10-6-7-11-22(18)30-2)24(27-26-15)25-14-19-20(28)12-17(13-21(19)29)16-8-4-3-5-9-16/h3-11,14,17,28H,12-13H2,1-2H3,(H,26,27). The number of aromatic nitrogens is 2. The summed E-state index contributed by atoms with van der Waals surface area (Å²) in [7, 11) is 1.61. The van der Waals surface area contributed by atoms with Gasteiger partial charge in [-0.15, -0.1) is 0 Å². The van der Waals surface area contributed by atoms with Crippen molar-refractivity contribution in [1.82, 2.24) is 10.2 Å². The Morgan fingerprint density at radius 2 is 1.87 bits per heavy atom. The molecule has 0 spiro atoms. The van der Waals surface area contributed by atoms with E-state index in [1.807, 2.05) is 61.5 Å². The first-order valence-electron chi connectivity index (χ1n) is 9.81. The summed E-state index contributed by atoms with van der Waals surface area (Å²) < 4.78 is 5.46. The molecule has 1 unspecified atom stereocenters. The van der Waals surface area contributed by atoms with Gasteiger partial charge in [0, 0.05) is 30.3 Å². The fraction of sp³-hybridized carbons (Fsp3) is 0.208. The number of hydrogen-bond acceptors (Lipinski definition) is 5. The van der Waals surface area contributed by atoms with Gasteiger partial charge in [0.2, 0.25) is 0 Å². The Hall–Kier alpha value is -3.67. The highest BCUT2D eigenvalue weighted by molar-refractivity contribution is 6.15. The van der Waals surface area contributed by atoms with Gasteiger partial charge in [0.1, 0.15) is 11.5 Å². The normalized spacial score (nSPS) is 17.0.